The lowest BCUT2D eigenvalue weighted by Gasteiger charge is -2.15. The third-order valence-corrected chi connectivity index (χ3v) is 5.47. The Labute approximate surface area is 187 Å². The number of carbonyl (C=O) groups is 2. The van der Waals surface area contributed by atoms with Gasteiger partial charge in [0.15, 0.2) is 5.75 Å². The molecule has 10 heteroatoms. The zero-order chi connectivity index (χ0) is 22.5. The van der Waals surface area contributed by atoms with E-state index in [0.717, 1.165) is 22.3 Å². The third-order valence-electron chi connectivity index (χ3n) is 4.70. The number of fused-ring (bicyclic) bond motifs is 1. The molecule has 1 atom stereocenters. The summed E-state index contributed by atoms with van der Waals surface area (Å²) in [5, 5.41) is 25.3. The topological polar surface area (TPSA) is 126 Å². The van der Waals surface area contributed by atoms with E-state index in [4.69, 9.17) is 4.74 Å². The van der Waals surface area contributed by atoms with Crippen molar-refractivity contribution in [2.45, 2.75) is 12.5 Å². The van der Waals surface area contributed by atoms with Crippen molar-refractivity contribution in [2.75, 3.05) is 17.7 Å². The summed E-state index contributed by atoms with van der Waals surface area (Å²) in [7, 11) is 1.32. The Morgan fingerprint density at radius 3 is 2.62 bits per heavy atom. The van der Waals surface area contributed by atoms with Crippen molar-refractivity contribution in [1.82, 2.24) is 15.2 Å². The molecule has 0 fully saturated rings. The lowest BCUT2D eigenvalue weighted by atomic mass is 10.1. The number of amides is 1. The van der Waals surface area contributed by atoms with Crippen LogP contribution in [0.15, 0.2) is 60.8 Å². The second kappa shape index (κ2) is 9.40. The first-order chi connectivity index (χ1) is 15.5. The van der Waals surface area contributed by atoms with Gasteiger partial charge < -0.3 is 15.2 Å². The lowest BCUT2D eigenvalue weighted by molar-refractivity contribution is -0.141. The quantitative estimate of drug-likeness (QED) is 0.367. The maximum atomic E-state index is 12.7. The fourth-order valence-corrected chi connectivity index (χ4v) is 3.84. The molecule has 0 saturated heterocycles. The van der Waals surface area contributed by atoms with E-state index in [1.807, 2.05) is 30.3 Å². The Morgan fingerprint density at radius 2 is 1.84 bits per heavy atom. The molecule has 2 aromatic heterocycles. The standard InChI is InChI=1S/C22H19N5O4S/c1-31-20(30)16(12-13-6-3-2-4-7-13)24-21-26-27-22(32-21)25-19(29)15-10-9-14-8-5-11-23-17(14)18(15)28/h2-11,16,28H,12H2,1H3,(H,24,26)(H,25,27,29)/t16-/m0/s1. The first kappa shape index (κ1) is 21.2. The molecule has 9 nitrogen and oxygen atoms in total. The van der Waals surface area contributed by atoms with E-state index in [9.17, 15) is 14.7 Å². The van der Waals surface area contributed by atoms with Gasteiger partial charge in [0.25, 0.3) is 5.91 Å². The van der Waals surface area contributed by atoms with Crippen molar-refractivity contribution in [2.24, 2.45) is 0 Å². The van der Waals surface area contributed by atoms with E-state index in [0.29, 0.717) is 17.1 Å². The highest BCUT2D eigenvalue weighted by Gasteiger charge is 2.22. The van der Waals surface area contributed by atoms with Gasteiger partial charge in [0.1, 0.15) is 11.6 Å². The number of carbonyl (C=O) groups excluding carboxylic acids is 2. The largest absolute Gasteiger partial charge is 0.505 e. The molecule has 0 spiro atoms. The number of aromatic nitrogens is 3. The maximum absolute atomic E-state index is 12.7. The van der Waals surface area contributed by atoms with Gasteiger partial charge in [-0.15, -0.1) is 10.2 Å². The van der Waals surface area contributed by atoms with E-state index in [1.54, 1.807) is 24.4 Å². The van der Waals surface area contributed by atoms with Crippen molar-refractivity contribution >= 4 is 44.4 Å². The molecule has 0 unspecified atom stereocenters. The molecule has 0 aliphatic heterocycles. The number of benzene rings is 2. The number of anilines is 2. The summed E-state index contributed by atoms with van der Waals surface area (Å²) in [6.07, 6.45) is 1.94. The zero-order valence-corrected chi connectivity index (χ0v) is 17.8. The van der Waals surface area contributed by atoms with Crippen LogP contribution in [0.5, 0.6) is 5.75 Å². The average Bonchev–Trinajstić information content (AvgIpc) is 3.25. The molecule has 2 heterocycles. The van der Waals surface area contributed by atoms with Gasteiger partial charge in [-0.1, -0.05) is 53.8 Å². The number of esters is 1. The first-order valence-corrected chi connectivity index (χ1v) is 10.5. The summed E-state index contributed by atoms with van der Waals surface area (Å²) < 4.78 is 4.89. The smallest absolute Gasteiger partial charge is 0.328 e. The molecule has 4 rings (SSSR count). The fourth-order valence-electron chi connectivity index (χ4n) is 3.14. The van der Waals surface area contributed by atoms with E-state index < -0.39 is 17.9 Å². The van der Waals surface area contributed by atoms with Crippen LogP contribution in [-0.2, 0) is 16.0 Å². The van der Waals surface area contributed by atoms with Gasteiger partial charge in [-0.25, -0.2) is 4.79 Å². The van der Waals surface area contributed by atoms with Gasteiger partial charge in [-0.05, 0) is 17.7 Å². The monoisotopic (exact) mass is 449 g/mol. The summed E-state index contributed by atoms with van der Waals surface area (Å²) in [5.74, 6) is -1.20. The second-order valence-electron chi connectivity index (χ2n) is 6.81. The number of methoxy groups -OCH3 is 1. The van der Waals surface area contributed by atoms with E-state index >= 15 is 0 Å². The van der Waals surface area contributed by atoms with Gasteiger partial charge in [-0.2, -0.15) is 0 Å². The summed E-state index contributed by atoms with van der Waals surface area (Å²) >= 11 is 1.06. The number of rotatable bonds is 7. The number of ether oxygens (including phenoxy) is 1. The van der Waals surface area contributed by atoms with Crippen LogP contribution < -0.4 is 10.6 Å². The molecule has 2 aromatic carbocycles. The van der Waals surface area contributed by atoms with Crippen molar-refractivity contribution in [3.05, 3.63) is 71.9 Å². The SMILES string of the molecule is COC(=O)[C@H](Cc1ccccc1)Nc1nnc(NC(=O)c2ccc3cccnc3c2O)s1. The highest BCUT2D eigenvalue weighted by Crippen LogP contribution is 2.28. The summed E-state index contributed by atoms with van der Waals surface area (Å²) in [6, 6.07) is 15.6. The Balaban J connectivity index is 1.47. The van der Waals surface area contributed by atoms with Crippen LogP contribution in [0.25, 0.3) is 10.9 Å². The van der Waals surface area contributed by atoms with Crippen molar-refractivity contribution in [3.8, 4) is 5.75 Å². The normalized spacial score (nSPS) is 11.7. The Kier molecular flexibility index (Phi) is 6.22. The fraction of sp³-hybridized carbons (Fsp3) is 0.136. The highest BCUT2D eigenvalue weighted by molar-refractivity contribution is 7.19. The molecule has 0 bridgehead atoms. The van der Waals surface area contributed by atoms with Gasteiger partial charge in [0.05, 0.1) is 12.7 Å². The van der Waals surface area contributed by atoms with Gasteiger partial charge in [0, 0.05) is 18.0 Å². The molecule has 0 aliphatic rings. The molecular formula is C22H19N5O4S. The Hall–Kier alpha value is -4.05. The van der Waals surface area contributed by atoms with Gasteiger partial charge in [0.2, 0.25) is 10.3 Å². The number of phenols is 1. The summed E-state index contributed by atoms with van der Waals surface area (Å²) in [4.78, 5) is 29.0. The van der Waals surface area contributed by atoms with Crippen molar-refractivity contribution in [3.63, 3.8) is 0 Å². The number of hydrogen-bond acceptors (Lipinski definition) is 9. The highest BCUT2D eigenvalue weighted by atomic mass is 32.1. The number of nitrogens with zero attached hydrogens (tertiary/aromatic N) is 3. The lowest BCUT2D eigenvalue weighted by Crippen LogP contribution is -2.32. The minimum atomic E-state index is -0.672. The zero-order valence-electron chi connectivity index (χ0n) is 17.0. The van der Waals surface area contributed by atoms with E-state index in [-0.39, 0.29) is 16.4 Å². The molecule has 0 radical (unpaired) electrons. The first-order valence-electron chi connectivity index (χ1n) is 9.65. The summed E-state index contributed by atoms with van der Waals surface area (Å²) in [6.45, 7) is 0. The van der Waals surface area contributed by atoms with Gasteiger partial charge >= 0.3 is 5.97 Å². The van der Waals surface area contributed by atoms with Crippen LogP contribution >= 0.6 is 11.3 Å². The molecular weight excluding hydrogens is 430 g/mol. The van der Waals surface area contributed by atoms with E-state index in [2.05, 4.69) is 25.8 Å². The third kappa shape index (κ3) is 4.65. The van der Waals surface area contributed by atoms with Crippen LogP contribution in [0.2, 0.25) is 0 Å². The number of phenolic OH excluding ortho intramolecular Hbond substituents is 1. The predicted octanol–water partition coefficient (Wildman–Crippen LogP) is 3.24. The second-order valence-corrected chi connectivity index (χ2v) is 7.79. The van der Waals surface area contributed by atoms with Crippen LogP contribution in [0, 0.1) is 0 Å². The number of aromatic hydroxyl groups is 1. The van der Waals surface area contributed by atoms with E-state index in [1.165, 1.54) is 13.2 Å². The number of nitrogens with one attached hydrogen (secondary N) is 2. The Morgan fingerprint density at radius 1 is 1.06 bits per heavy atom. The summed E-state index contributed by atoms with van der Waals surface area (Å²) in [5.41, 5.74) is 1.35. The molecule has 4 aromatic rings. The molecule has 32 heavy (non-hydrogen) atoms. The minimum absolute atomic E-state index is 0.0671. The molecule has 162 valence electrons. The van der Waals surface area contributed by atoms with Crippen LogP contribution in [0.3, 0.4) is 0 Å². The number of hydrogen-bond donors (Lipinski definition) is 3. The van der Waals surface area contributed by atoms with Crippen molar-refractivity contribution in [1.29, 1.82) is 0 Å². The predicted molar refractivity (Wildman–Crippen MR) is 121 cm³/mol. The Bertz CT molecular complexity index is 1260. The van der Waals surface area contributed by atoms with Crippen LogP contribution in [0.1, 0.15) is 15.9 Å². The van der Waals surface area contributed by atoms with Gasteiger partial charge in [-0.3, -0.25) is 15.1 Å². The number of pyridine rings is 1. The molecule has 0 aliphatic carbocycles. The van der Waals surface area contributed by atoms with Crippen molar-refractivity contribution < 1.29 is 19.4 Å². The van der Waals surface area contributed by atoms with Crippen LogP contribution in [0.4, 0.5) is 10.3 Å². The van der Waals surface area contributed by atoms with Crippen LogP contribution in [-0.4, -0.2) is 45.3 Å². The maximum Gasteiger partial charge on any atom is 0.328 e. The molecule has 3 N–H and O–H groups in total. The minimum Gasteiger partial charge on any atom is -0.505 e. The average molecular weight is 449 g/mol. The molecule has 0 saturated carbocycles. The molecule has 1 amide bonds.